The van der Waals surface area contributed by atoms with Crippen molar-refractivity contribution < 1.29 is 4.79 Å². The van der Waals surface area contributed by atoms with Crippen molar-refractivity contribution in [1.82, 2.24) is 19.1 Å². The summed E-state index contributed by atoms with van der Waals surface area (Å²) >= 11 is 0. The number of aromatic nitrogens is 4. The lowest BCUT2D eigenvalue weighted by molar-refractivity contribution is -0.114. The number of nitrogens with zero attached hydrogens (tertiary/aromatic N) is 3. The van der Waals surface area contributed by atoms with Gasteiger partial charge < -0.3 is 10.3 Å². The molecule has 0 fully saturated rings. The van der Waals surface area contributed by atoms with E-state index < -0.39 is 22.7 Å². The minimum Gasteiger partial charge on any atom is -0.312 e. The molecule has 0 bridgehead atoms. The fourth-order valence-corrected chi connectivity index (χ4v) is 1.65. The average molecular weight is 265 g/mol. The summed E-state index contributed by atoms with van der Waals surface area (Å²) in [5.41, 5.74) is -2.04. The van der Waals surface area contributed by atoms with Gasteiger partial charge in [0.1, 0.15) is 0 Å². The Bertz CT molecular complexity index is 857. The SMILES string of the molecule is CC(=O)Nc1nc2c([nH]c1=O)c(=O)n(C)c(=O)n2C. The molecule has 100 valence electrons. The molecule has 9 nitrogen and oxygen atoms in total. The number of rotatable bonds is 1. The van der Waals surface area contributed by atoms with Gasteiger partial charge in [0.25, 0.3) is 11.1 Å². The normalized spacial score (nSPS) is 10.7. The first-order chi connectivity index (χ1) is 8.82. The van der Waals surface area contributed by atoms with Crippen LogP contribution in [0.1, 0.15) is 6.92 Å². The Kier molecular flexibility index (Phi) is 2.81. The first-order valence-electron chi connectivity index (χ1n) is 5.30. The molecule has 0 atom stereocenters. The summed E-state index contributed by atoms with van der Waals surface area (Å²) in [4.78, 5) is 52.3. The van der Waals surface area contributed by atoms with Crippen molar-refractivity contribution in [3.8, 4) is 0 Å². The molecule has 2 heterocycles. The van der Waals surface area contributed by atoms with Gasteiger partial charge in [0.15, 0.2) is 11.2 Å². The zero-order chi connectivity index (χ0) is 14.3. The second-order valence-electron chi connectivity index (χ2n) is 4.00. The van der Waals surface area contributed by atoms with Crippen LogP contribution in [-0.4, -0.2) is 25.0 Å². The molecule has 2 N–H and O–H groups in total. The highest BCUT2D eigenvalue weighted by atomic mass is 16.2. The van der Waals surface area contributed by atoms with Crippen LogP contribution in [0.2, 0.25) is 0 Å². The van der Waals surface area contributed by atoms with Crippen molar-refractivity contribution in [3.63, 3.8) is 0 Å². The number of hydrogen-bond acceptors (Lipinski definition) is 5. The van der Waals surface area contributed by atoms with Gasteiger partial charge in [-0.2, -0.15) is 0 Å². The van der Waals surface area contributed by atoms with E-state index in [0.29, 0.717) is 0 Å². The minimum atomic E-state index is -0.710. The lowest BCUT2D eigenvalue weighted by Gasteiger charge is -2.07. The van der Waals surface area contributed by atoms with Gasteiger partial charge in [-0.15, -0.1) is 0 Å². The number of amides is 1. The van der Waals surface area contributed by atoms with E-state index in [1.807, 2.05) is 0 Å². The zero-order valence-corrected chi connectivity index (χ0v) is 10.5. The number of H-pyrrole nitrogens is 1. The van der Waals surface area contributed by atoms with Gasteiger partial charge in [-0.3, -0.25) is 23.5 Å². The van der Waals surface area contributed by atoms with Crippen LogP contribution in [-0.2, 0) is 18.9 Å². The van der Waals surface area contributed by atoms with E-state index in [2.05, 4.69) is 15.3 Å². The van der Waals surface area contributed by atoms with Gasteiger partial charge in [-0.1, -0.05) is 0 Å². The molecule has 19 heavy (non-hydrogen) atoms. The standard InChI is InChI=1S/C10H11N5O4/c1-4(16)11-6-8(17)12-5-7(13-6)14(2)10(19)15(3)9(5)18/h1-3H3,(H,12,17)(H,11,13,16). The van der Waals surface area contributed by atoms with Crippen LogP contribution < -0.4 is 22.1 Å². The molecule has 0 aromatic carbocycles. The van der Waals surface area contributed by atoms with E-state index in [1.165, 1.54) is 21.0 Å². The van der Waals surface area contributed by atoms with Crippen LogP contribution in [0.25, 0.3) is 11.2 Å². The molecule has 9 heteroatoms. The van der Waals surface area contributed by atoms with Gasteiger partial charge in [0, 0.05) is 21.0 Å². The van der Waals surface area contributed by atoms with Crippen LogP contribution in [0.3, 0.4) is 0 Å². The Morgan fingerprint density at radius 3 is 2.42 bits per heavy atom. The maximum atomic E-state index is 11.8. The third kappa shape index (κ3) is 1.94. The molecule has 2 aromatic rings. The van der Waals surface area contributed by atoms with Crippen LogP contribution in [0.15, 0.2) is 14.4 Å². The van der Waals surface area contributed by atoms with Crippen molar-refractivity contribution in [3.05, 3.63) is 31.2 Å². The number of carbonyl (C=O) groups is 1. The number of aryl methyl sites for hydroxylation is 1. The summed E-state index contributed by atoms with van der Waals surface area (Å²) in [5, 5.41) is 2.23. The number of anilines is 1. The maximum absolute atomic E-state index is 11.8. The van der Waals surface area contributed by atoms with Crippen molar-refractivity contribution in [2.24, 2.45) is 14.1 Å². The molecule has 0 aliphatic carbocycles. The van der Waals surface area contributed by atoms with Crippen LogP contribution >= 0.6 is 0 Å². The second kappa shape index (κ2) is 4.19. The third-order valence-electron chi connectivity index (χ3n) is 2.60. The van der Waals surface area contributed by atoms with Crippen LogP contribution in [0, 0.1) is 0 Å². The first kappa shape index (κ1) is 12.7. The lowest BCUT2D eigenvalue weighted by Crippen LogP contribution is -2.39. The highest BCUT2D eigenvalue weighted by Crippen LogP contribution is 2.01. The van der Waals surface area contributed by atoms with Gasteiger partial charge in [-0.05, 0) is 0 Å². The summed E-state index contributed by atoms with van der Waals surface area (Å²) in [7, 11) is 2.71. The molecule has 2 rings (SSSR count). The van der Waals surface area contributed by atoms with Crippen LogP contribution in [0.5, 0.6) is 0 Å². The van der Waals surface area contributed by atoms with E-state index in [0.717, 1.165) is 9.13 Å². The number of hydrogen-bond donors (Lipinski definition) is 2. The predicted molar refractivity (Wildman–Crippen MR) is 67.1 cm³/mol. The quantitative estimate of drug-likeness (QED) is 0.635. The first-order valence-corrected chi connectivity index (χ1v) is 5.30. The minimum absolute atomic E-state index is 0.00329. The highest BCUT2D eigenvalue weighted by Gasteiger charge is 2.13. The monoisotopic (exact) mass is 265 g/mol. The Morgan fingerprint density at radius 1 is 1.21 bits per heavy atom. The summed E-state index contributed by atoms with van der Waals surface area (Å²) in [6.07, 6.45) is 0. The molecule has 0 saturated heterocycles. The largest absolute Gasteiger partial charge is 0.332 e. The fourth-order valence-electron chi connectivity index (χ4n) is 1.65. The van der Waals surface area contributed by atoms with E-state index in [4.69, 9.17) is 0 Å². The Balaban J connectivity index is 2.95. The molecular weight excluding hydrogens is 254 g/mol. The van der Waals surface area contributed by atoms with Crippen molar-refractivity contribution >= 4 is 22.9 Å². The molecule has 0 unspecified atom stereocenters. The van der Waals surface area contributed by atoms with E-state index >= 15 is 0 Å². The van der Waals surface area contributed by atoms with E-state index in [1.54, 1.807) is 0 Å². The Morgan fingerprint density at radius 2 is 1.84 bits per heavy atom. The average Bonchev–Trinajstić information content (AvgIpc) is 2.35. The summed E-state index contributed by atoms with van der Waals surface area (Å²) in [6.45, 7) is 1.22. The summed E-state index contributed by atoms with van der Waals surface area (Å²) in [5.74, 6) is -0.741. The third-order valence-corrected chi connectivity index (χ3v) is 2.60. The number of aromatic amines is 1. The Hall–Kier alpha value is -2.71. The number of carbonyl (C=O) groups excluding carboxylic acids is 1. The van der Waals surface area contributed by atoms with Gasteiger partial charge >= 0.3 is 5.69 Å². The zero-order valence-electron chi connectivity index (χ0n) is 10.5. The molecule has 0 aliphatic heterocycles. The van der Waals surface area contributed by atoms with Gasteiger partial charge in [0.2, 0.25) is 11.7 Å². The smallest absolute Gasteiger partial charge is 0.312 e. The number of nitrogens with one attached hydrogen (secondary N) is 2. The predicted octanol–water partition coefficient (Wildman–Crippen LogP) is -1.72. The maximum Gasteiger partial charge on any atom is 0.332 e. The van der Waals surface area contributed by atoms with Gasteiger partial charge in [-0.25, -0.2) is 9.78 Å². The molecule has 0 aliphatic rings. The summed E-state index contributed by atoms with van der Waals surface area (Å²) in [6, 6.07) is 0. The molecule has 1 amide bonds. The van der Waals surface area contributed by atoms with Crippen LogP contribution in [0.4, 0.5) is 5.82 Å². The highest BCUT2D eigenvalue weighted by molar-refractivity contribution is 5.88. The number of fused-ring (bicyclic) bond motifs is 1. The fraction of sp³-hybridized carbons (Fsp3) is 0.300. The van der Waals surface area contributed by atoms with Crippen molar-refractivity contribution in [2.75, 3.05) is 5.32 Å². The lowest BCUT2D eigenvalue weighted by atomic mass is 10.4. The topological polar surface area (TPSA) is 119 Å². The summed E-state index contributed by atoms with van der Waals surface area (Å²) < 4.78 is 1.97. The molecule has 0 spiro atoms. The van der Waals surface area contributed by atoms with Crippen molar-refractivity contribution in [2.45, 2.75) is 6.92 Å². The van der Waals surface area contributed by atoms with E-state index in [9.17, 15) is 19.2 Å². The molecule has 0 saturated carbocycles. The Labute approximate surface area is 105 Å². The molecular formula is C10H11N5O4. The second-order valence-corrected chi connectivity index (χ2v) is 4.00. The van der Waals surface area contributed by atoms with E-state index in [-0.39, 0.29) is 17.0 Å². The molecule has 2 aromatic heterocycles. The molecule has 0 radical (unpaired) electrons. The van der Waals surface area contributed by atoms with Crippen molar-refractivity contribution in [1.29, 1.82) is 0 Å². The van der Waals surface area contributed by atoms with Gasteiger partial charge in [0.05, 0.1) is 0 Å².